The Morgan fingerprint density at radius 3 is 2.76 bits per heavy atom. The number of halogens is 1. The lowest BCUT2D eigenvalue weighted by atomic mass is 10.0. The molecule has 1 aromatic heterocycles. The molecule has 21 heavy (non-hydrogen) atoms. The Labute approximate surface area is 130 Å². The van der Waals surface area contributed by atoms with Crippen molar-refractivity contribution >= 4 is 11.6 Å². The average Bonchev–Trinajstić information content (AvgIpc) is 3.18. The number of aromatic nitrogens is 2. The van der Waals surface area contributed by atoms with E-state index in [2.05, 4.69) is 27.0 Å². The molecule has 3 atom stereocenters. The molecule has 4 heteroatoms. The summed E-state index contributed by atoms with van der Waals surface area (Å²) in [5, 5.41) is 0.812. The lowest BCUT2D eigenvalue weighted by Gasteiger charge is -2.25. The SMILES string of the molecule is Clc1ccc(C2CCCN2C2CC2c2cnccn2)cc1. The molecule has 0 bridgehead atoms. The predicted octanol–water partition coefficient (Wildman–Crippen LogP) is 3.82. The van der Waals surface area contributed by atoms with Gasteiger partial charge in [-0.1, -0.05) is 23.7 Å². The number of rotatable bonds is 3. The van der Waals surface area contributed by atoms with E-state index in [1.54, 1.807) is 12.4 Å². The van der Waals surface area contributed by atoms with E-state index in [4.69, 9.17) is 11.6 Å². The third kappa shape index (κ3) is 2.56. The van der Waals surface area contributed by atoms with E-state index in [1.807, 2.05) is 18.3 Å². The zero-order chi connectivity index (χ0) is 14.2. The fourth-order valence-electron chi connectivity index (χ4n) is 3.60. The van der Waals surface area contributed by atoms with Crippen LogP contribution in [0.25, 0.3) is 0 Å². The summed E-state index contributed by atoms with van der Waals surface area (Å²) in [6, 6.07) is 9.51. The van der Waals surface area contributed by atoms with Crippen LogP contribution in [-0.2, 0) is 0 Å². The van der Waals surface area contributed by atoms with Crippen LogP contribution < -0.4 is 0 Å². The van der Waals surface area contributed by atoms with E-state index in [0.717, 1.165) is 10.7 Å². The molecule has 1 aromatic carbocycles. The van der Waals surface area contributed by atoms with E-state index in [0.29, 0.717) is 18.0 Å². The highest BCUT2D eigenvalue weighted by molar-refractivity contribution is 6.30. The fourth-order valence-corrected chi connectivity index (χ4v) is 3.72. The first kappa shape index (κ1) is 13.2. The molecular formula is C17H18ClN3. The second-order valence-electron chi connectivity index (χ2n) is 5.99. The van der Waals surface area contributed by atoms with E-state index >= 15 is 0 Å². The Hall–Kier alpha value is -1.45. The summed E-state index contributed by atoms with van der Waals surface area (Å²) < 4.78 is 0. The van der Waals surface area contributed by atoms with E-state index in [-0.39, 0.29) is 0 Å². The molecule has 0 radical (unpaired) electrons. The lowest BCUT2D eigenvalue weighted by Crippen LogP contribution is -2.26. The summed E-state index contributed by atoms with van der Waals surface area (Å²) in [5.41, 5.74) is 2.53. The molecule has 3 nitrogen and oxygen atoms in total. The first-order chi connectivity index (χ1) is 10.3. The fraction of sp³-hybridized carbons (Fsp3) is 0.412. The number of likely N-dealkylation sites (tertiary alicyclic amines) is 1. The van der Waals surface area contributed by atoms with Crippen molar-refractivity contribution < 1.29 is 0 Å². The van der Waals surface area contributed by atoms with Gasteiger partial charge in [-0.15, -0.1) is 0 Å². The molecule has 1 aliphatic heterocycles. The Morgan fingerprint density at radius 2 is 2.00 bits per heavy atom. The number of hydrogen-bond donors (Lipinski definition) is 0. The molecule has 2 aliphatic rings. The number of hydrogen-bond acceptors (Lipinski definition) is 3. The Kier molecular flexibility index (Phi) is 3.40. The van der Waals surface area contributed by atoms with Gasteiger partial charge >= 0.3 is 0 Å². The monoisotopic (exact) mass is 299 g/mol. The van der Waals surface area contributed by atoms with Crippen LogP contribution in [0.2, 0.25) is 5.02 Å². The summed E-state index contributed by atoms with van der Waals surface area (Å²) in [6.45, 7) is 1.19. The van der Waals surface area contributed by atoms with Gasteiger partial charge in [-0.3, -0.25) is 14.9 Å². The van der Waals surface area contributed by atoms with Crippen molar-refractivity contribution in [2.24, 2.45) is 0 Å². The highest BCUT2D eigenvalue weighted by Gasteiger charge is 2.47. The predicted molar refractivity (Wildman–Crippen MR) is 83.3 cm³/mol. The van der Waals surface area contributed by atoms with Crippen LogP contribution in [0.1, 0.15) is 42.5 Å². The molecule has 1 saturated heterocycles. The van der Waals surface area contributed by atoms with Crippen molar-refractivity contribution in [3.63, 3.8) is 0 Å². The normalized spacial score (nSPS) is 28.7. The maximum Gasteiger partial charge on any atom is 0.0633 e. The van der Waals surface area contributed by atoms with Crippen molar-refractivity contribution in [2.45, 2.75) is 37.3 Å². The first-order valence-electron chi connectivity index (χ1n) is 7.60. The van der Waals surface area contributed by atoms with Crippen molar-refractivity contribution in [3.05, 3.63) is 59.1 Å². The van der Waals surface area contributed by atoms with Crippen LogP contribution in [0.5, 0.6) is 0 Å². The Balaban J connectivity index is 1.52. The topological polar surface area (TPSA) is 29.0 Å². The molecule has 0 amide bonds. The largest absolute Gasteiger partial charge is 0.293 e. The number of nitrogens with zero attached hydrogens (tertiary/aromatic N) is 3. The molecule has 3 unspecified atom stereocenters. The third-order valence-corrected chi connectivity index (χ3v) is 4.95. The van der Waals surface area contributed by atoms with Gasteiger partial charge in [0.2, 0.25) is 0 Å². The summed E-state index contributed by atoms with van der Waals surface area (Å²) in [5.74, 6) is 0.562. The van der Waals surface area contributed by atoms with Gasteiger partial charge in [-0.25, -0.2) is 0 Å². The van der Waals surface area contributed by atoms with Crippen LogP contribution in [0.4, 0.5) is 0 Å². The van der Waals surface area contributed by atoms with E-state index in [1.165, 1.54) is 31.4 Å². The van der Waals surface area contributed by atoms with Crippen molar-refractivity contribution in [1.82, 2.24) is 14.9 Å². The van der Waals surface area contributed by atoms with E-state index in [9.17, 15) is 0 Å². The second kappa shape index (κ2) is 5.39. The van der Waals surface area contributed by atoms with Gasteiger partial charge in [0, 0.05) is 41.6 Å². The summed E-state index contributed by atoms with van der Waals surface area (Å²) in [6.07, 6.45) is 9.18. The van der Waals surface area contributed by atoms with Crippen LogP contribution in [-0.4, -0.2) is 27.5 Å². The van der Waals surface area contributed by atoms with Gasteiger partial charge in [0.1, 0.15) is 0 Å². The summed E-state index contributed by atoms with van der Waals surface area (Å²) in [4.78, 5) is 11.3. The zero-order valence-corrected chi connectivity index (χ0v) is 12.6. The maximum atomic E-state index is 6.00. The van der Waals surface area contributed by atoms with Gasteiger partial charge < -0.3 is 0 Å². The van der Waals surface area contributed by atoms with Crippen LogP contribution in [0.15, 0.2) is 42.9 Å². The molecule has 108 valence electrons. The lowest BCUT2D eigenvalue weighted by molar-refractivity contribution is 0.242. The van der Waals surface area contributed by atoms with Gasteiger partial charge in [-0.2, -0.15) is 0 Å². The van der Waals surface area contributed by atoms with E-state index < -0.39 is 0 Å². The molecule has 4 rings (SSSR count). The van der Waals surface area contributed by atoms with Crippen LogP contribution >= 0.6 is 11.6 Å². The molecular weight excluding hydrogens is 282 g/mol. The van der Waals surface area contributed by atoms with Crippen molar-refractivity contribution in [3.8, 4) is 0 Å². The molecule has 0 spiro atoms. The van der Waals surface area contributed by atoms with Gasteiger partial charge in [0.25, 0.3) is 0 Å². The molecule has 1 aliphatic carbocycles. The first-order valence-corrected chi connectivity index (χ1v) is 7.98. The minimum Gasteiger partial charge on any atom is -0.293 e. The minimum absolute atomic E-state index is 0.536. The highest BCUT2D eigenvalue weighted by Crippen LogP contribution is 2.49. The number of benzene rings is 1. The highest BCUT2D eigenvalue weighted by atomic mass is 35.5. The second-order valence-corrected chi connectivity index (χ2v) is 6.42. The third-order valence-electron chi connectivity index (χ3n) is 4.69. The molecule has 1 saturated carbocycles. The van der Waals surface area contributed by atoms with Gasteiger partial charge in [0.05, 0.1) is 5.69 Å². The van der Waals surface area contributed by atoms with Crippen molar-refractivity contribution in [1.29, 1.82) is 0 Å². The Morgan fingerprint density at radius 1 is 1.14 bits per heavy atom. The van der Waals surface area contributed by atoms with Crippen LogP contribution in [0.3, 0.4) is 0 Å². The van der Waals surface area contributed by atoms with Crippen LogP contribution in [0, 0.1) is 0 Å². The van der Waals surface area contributed by atoms with Gasteiger partial charge in [0.15, 0.2) is 0 Å². The molecule has 2 aromatic rings. The molecule has 2 heterocycles. The molecule has 0 N–H and O–H groups in total. The summed E-state index contributed by atoms with van der Waals surface area (Å²) >= 11 is 6.00. The maximum absolute atomic E-state index is 6.00. The molecule has 2 fully saturated rings. The average molecular weight is 300 g/mol. The quantitative estimate of drug-likeness (QED) is 0.862. The van der Waals surface area contributed by atoms with Gasteiger partial charge in [-0.05, 0) is 43.5 Å². The standard InChI is InChI=1S/C17H18ClN3/c18-13-5-3-12(4-6-13)16-2-1-9-21(16)17-10-14(17)15-11-19-7-8-20-15/h3-8,11,14,16-17H,1-2,9-10H2. The Bertz CT molecular complexity index is 614. The smallest absolute Gasteiger partial charge is 0.0633 e. The van der Waals surface area contributed by atoms with Crippen molar-refractivity contribution in [2.75, 3.05) is 6.54 Å². The zero-order valence-electron chi connectivity index (χ0n) is 11.8. The minimum atomic E-state index is 0.536. The summed E-state index contributed by atoms with van der Waals surface area (Å²) in [7, 11) is 0.